The smallest absolute Gasteiger partial charge is 0.281 e. The van der Waals surface area contributed by atoms with Crippen molar-refractivity contribution in [1.82, 2.24) is 5.06 Å². The summed E-state index contributed by atoms with van der Waals surface area (Å²) in [6.45, 7) is 0. The van der Waals surface area contributed by atoms with Crippen LogP contribution in [0.4, 0.5) is 0 Å². The van der Waals surface area contributed by atoms with Gasteiger partial charge < -0.3 is 9.84 Å². The zero-order valence-electron chi connectivity index (χ0n) is 10.3. The molecule has 0 unspecified atom stereocenters. The van der Waals surface area contributed by atoms with Gasteiger partial charge in [-0.25, -0.2) is 5.06 Å². The maximum Gasteiger partial charge on any atom is 0.281 e. The minimum atomic E-state index is -0.568. The largest absolute Gasteiger partial charge is 0.507 e. The number of carbonyl (C=O) groups is 1. The molecule has 0 aliphatic heterocycles. The van der Waals surface area contributed by atoms with Gasteiger partial charge in [0.25, 0.3) is 5.91 Å². The number of nitrogens with zero attached hydrogens (tertiary/aromatic N) is 1. The summed E-state index contributed by atoms with van der Waals surface area (Å²) in [4.78, 5) is 12.0. The van der Waals surface area contributed by atoms with E-state index in [1.807, 2.05) is 0 Å². The summed E-state index contributed by atoms with van der Waals surface area (Å²) in [5.41, 5.74) is 0.0881. The summed E-state index contributed by atoms with van der Waals surface area (Å²) in [7, 11) is 1.48. The highest BCUT2D eigenvalue weighted by molar-refractivity contribution is 5.96. The third-order valence-corrected chi connectivity index (χ3v) is 3.31. The van der Waals surface area contributed by atoms with Gasteiger partial charge in [0, 0.05) is 6.07 Å². The second-order valence-corrected chi connectivity index (χ2v) is 4.47. The monoisotopic (exact) mass is 251 g/mol. The van der Waals surface area contributed by atoms with E-state index in [4.69, 9.17) is 4.74 Å². The number of phenols is 1. The van der Waals surface area contributed by atoms with Crippen molar-refractivity contribution in [2.24, 2.45) is 0 Å². The van der Waals surface area contributed by atoms with Crippen LogP contribution in [0.1, 0.15) is 36.0 Å². The summed E-state index contributed by atoms with van der Waals surface area (Å²) < 4.78 is 4.94. The van der Waals surface area contributed by atoms with Gasteiger partial charge >= 0.3 is 0 Å². The maximum absolute atomic E-state index is 12.0. The summed E-state index contributed by atoms with van der Waals surface area (Å²) in [6, 6.07) is 4.25. The predicted molar refractivity (Wildman–Crippen MR) is 64.9 cm³/mol. The van der Waals surface area contributed by atoms with Crippen LogP contribution in [0.3, 0.4) is 0 Å². The lowest BCUT2D eigenvalue weighted by Crippen LogP contribution is -2.35. The SMILES string of the molecule is COc1ccc(C(=O)N(O)C2CCCC2)c(O)c1. The van der Waals surface area contributed by atoms with Crippen LogP contribution in [0.2, 0.25) is 0 Å². The Morgan fingerprint density at radius 1 is 1.39 bits per heavy atom. The molecule has 5 heteroatoms. The van der Waals surface area contributed by atoms with Gasteiger partial charge in [-0.1, -0.05) is 12.8 Å². The molecule has 1 saturated carbocycles. The third kappa shape index (κ3) is 2.41. The molecule has 18 heavy (non-hydrogen) atoms. The van der Waals surface area contributed by atoms with Gasteiger partial charge in [-0.3, -0.25) is 10.0 Å². The maximum atomic E-state index is 12.0. The fourth-order valence-corrected chi connectivity index (χ4v) is 2.26. The quantitative estimate of drug-likeness (QED) is 0.638. The lowest BCUT2D eigenvalue weighted by Gasteiger charge is -2.22. The molecular formula is C13H17NO4. The molecule has 0 radical (unpaired) electrons. The second-order valence-electron chi connectivity index (χ2n) is 4.47. The number of amides is 1. The number of hydroxylamine groups is 2. The van der Waals surface area contributed by atoms with Gasteiger partial charge in [0.15, 0.2) is 0 Å². The van der Waals surface area contributed by atoms with E-state index in [0.717, 1.165) is 30.7 Å². The third-order valence-electron chi connectivity index (χ3n) is 3.31. The molecule has 1 aliphatic carbocycles. The van der Waals surface area contributed by atoms with E-state index in [0.29, 0.717) is 5.75 Å². The van der Waals surface area contributed by atoms with Crippen LogP contribution in [-0.4, -0.2) is 34.4 Å². The molecule has 2 rings (SSSR count). The van der Waals surface area contributed by atoms with Gasteiger partial charge in [-0.05, 0) is 25.0 Å². The lowest BCUT2D eigenvalue weighted by atomic mass is 10.1. The summed E-state index contributed by atoms with van der Waals surface area (Å²) >= 11 is 0. The van der Waals surface area contributed by atoms with E-state index in [9.17, 15) is 15.1 Å². The van der Waals surface area contributed by atoms with E-state index < -0.39 is 5.91 Å². The summed E-state index contributed by atoms with van der Waals surface area (Å²) in [5, 5.41) is 20.4. The molecule has 1 aromatic rings. The number of phenolic OH excluding ortho intramolecular Hbond substituents is 1. The Balaban J connectivity index is 2.17. The molecule has 1 aliphatic rings. The van der Waals surface area contributed by atoms with Crippen molar-refractivity contribution >= 4 is 5.91 Å². The van der Waals surface area contributed by atoms with Crippen LogP contribution in [0.5, 0.6) is 11.5 Å². The van der Waals surface area contributed by atoms with Crippen LogP contribution < -0.4 is 4.74 Å². The highest BCUT2D eigenvalue weighted by Gasteiger charge is 2.27. The number of methoxy groups -OCH3 is 1. The first-order valence-corrected chi connectivity index (χ1v) is 6.03. The van der Waals surface area contributed by atoms with Crippen molar-refractivity contribution in [3.63, 3.8) is 0 Å². The van der Waals surface area contributed by atoms with E-state index in [1.165, 1.54) is 19.2 Å². The molecular weight excluding hydrogens is 234 g/mol. The topological polar surface area (TPSA) is 70.0 Å². The van der Waals surface area contributed by atoms with Crippen molar-refractivity contribution in [2.45, 2.75) is 31.7 Å². The normalized spacial score (nSPS) is 15.7. The van der Waals surface area contributed by atoms with Crippen LogP contribution in [0, 0.1) is 0 Å². The van der Waals surface area contributed by atoms with Crippen molar-refractivity contribution in [3.8, 4) is 11.5 Å². The standard InChI is InChI=1S/C13H17NO4/c1-18-10-6-7-11(12(15)8-10)13(16)14(17)9-4-2-3-5-9/h6-9,15,17H,2-5H2,1H3. The zero-order valence-corrected chi connectivity index (χ0v) is 10.3. The molecule has 1 aromatic carbocycles. The van der Waals surface area contributed by atoms with E-state index in [-0.39, 0.29) is 17.4 Å². The first-order chi connectivity index (χ1) is 8.63. The molecule has 1 fully saturated rings. The first kappa shape index (κ1) is 12.7. The Morgan fingerprint density at radius 2 is 2.06 bits per heavy atom. The number of hydrogen-bond acceptors (Lipinski definition) is 4. The van der Waals surface area contributed by atoms with Crippen LogP contribution in [-0.2, 0) is 0 Å². The molecule has 5 nitrogen and oxygen atoms in total. The summed E-state index contributed by atoms with van der Waals surface area (Å²) in [5.74, 6) is -0.284. The number of carbonyl (C=O) groups excluding carboxylic acids is 1. The van der Waals surface area contributed by atoms with Gasteiger partial charge in [-0.15, -0.1) is 0 Å². The molecule has 0 saturated heterocycles. The minimum Gasteiger partial charge on any atom is -0.507 e. The number of aromatic hydroxyl groups is 1. The Morgan fingerprint density at radius 3 is 2.61 bits per heavy atom. The number of hydrogen-bond donors (Lipinski definition) is 2. The molecule has 0 atom stereocenters. The van der Waals surface area contributed by atoms with E-state index in [1.54, 1.807) is 6.07 Å². The van der Waals surface area contributed by atoms with Crippen LogP contribution in [0.15, 0.2) is 18.2 Å². The molecule has 0 spiro atoms. The Bertz CT molecular complexity index is 441. The molecule has 0 heterocycles. The molecule has 1 amide bonds. The van der Waals surface area contributed by atoms with Crippen molar-refractivity contribution in [3.05, 3.63) is 23.8 Å². The molecule has 2 N–H and O–H groups in total. The van der Waals surface area contributed by atoms with Crippen molar-refractivity contribution in [1.29, 1.82) is 0 Å². The lowest BCUT2D eigenvalue weighted by molar-refractivity contribution is -0.0868. The van der Waals surface area contributed by atoms with Crippen LogP contribution >= 0.6 is 0 Å². The van der Waals surface area contributed by atoms with Gasteiger partial charge in [0.2, 0.25) is 0 Å². The number of benzene rings is 1. The Hall–Kier alpha value is -1.75. The fourth-order valence-electron chi connectivity index (χ4n) is 2.26. The average Bonchev–Trinajstić information content (AvgIpc) is 2.90. The van der Waals surface area contributed by atoms with E-state index >= 15 is 0 Å². The Kier molecular flexibility index (Phi) is 3.72. The fraction of sp³-hybridized carbons (Fsp3) is 0.462. The van der Waals surface area contributed by atoms with Gasteiger partial charge in [0.05, 0.1) is 18.7 Å². The van der Waals surface area contributed by atoms with Gasteiger partial charge in [0.1, 0.15) is 11.5 Å². The van der Waals surface area contributed by atoms with E-state index in [2.05, 4.69) is 0 Å². The summed E-state index contributed by atoms with van der Waals surface area (Å²) in [6.07, 6.45) is 3.64. The first-order valence-electron chi connectivity index (χ1n) is 6.03. The highest BCUT2D eigenvalue weighted by atomic mass is 16.5. The highest BCUT2D eigenvalue weighted by Crippen LogP contribution is 2.28. The molecule has 0 bridgehead atoms. The minimum absolute atomic E-state index is 0.0881. The number of ether oxygens (including phenoxy) is 1. The van der Waals surface area contributed by atoms with Crippen molar-refractivity contribution < 1.29 is 19.8 Å². The van der Waals surface area contributed by atoms with Crippen LogP contribution in [0.25, 0.3) is 0 Å². The Labute approximate surface area is 106 Å². The number of rotatable bonds is 3. The zero-order chi connectivity index (χ0) is 13.1. The van der Waals surface area contributed by atoms with Gasteiger partial charge in [-0.2, -0.15) is 0 Å². The molecule has 98 valence electrons. The predicted octanol–water partition coefficient (Wildman–Crippen LogP) is 2.17. The average molecular weight is 251 g/mol. The second kappa shape index (κ2) is 5.27. The molecule has 0 aromatic heterocycles. The van der Waals surface area contributed by atoms with Crippen molar-refractivity contribution in [2.75, 3.05) is 7.11 Å².